The summed E-state index contributed by atoms with van der Waals surface area (Å²) >= 11 is 0. The van der Waals surface area contributed by atoms with Gasteiger partial charge in [-0.2, -0.15) is 0 Å². The molecule has 0 aliphatic rings. The van der Waals surface area contributed by atoms with E-state index in [9.17, 15) is 4.79 Å². The van der Waals surface area contributed by atoms with Gasteiger partial charge in [0.15, 0.2) is 0 Å². The van der Waals surface area contributed by atoms with Gasteiger partial charge in [0, 0.05) is 6.08 Å². The summed E-state index contributed by atoms with van der Waals surface area (Å²) in [6.45, 7) is 0. The lowest BCUT2D eigenvalue weighted by Crippen LogP contribution is -1.85. The molecule has 2 aromatic carbocycles. The first-order valence-electron chi connectivity index (χ1n) is 5.23. The molecule has 2 heteroatoms. The molecule has 0 atom stereocenters. The summed E-state index contributed by atoms with van der Waals surface area (Å²) in [5.74, 6) is -0.938. The van der Waals surface area contributed by atoms with Gasteiger partial charge in [0.25, 0.3) is 0 Å². The molecule has 2 aromatic rings. The monoisotopic (exact) mass is 223 g/mol. The van der Waals surface area contributed by atoms with Gasteiger partial charge in [-0.25, -0.2) is 4.79 Å². The molecule has 0 saturated heterocycles. The van der Waals surface area contributed by atoms with Crippen molar-refractivity contribution in [3.63, 3.8) is 0 Å². The van der Waals surface area contributed by atoms with Crippen LogP contribution in [0, 0.1) is 6.07 Å². The van der Waals surface area contributed by atoms with Crippen molar-refractivity contribution in [3.05, 3.63) is 66.2 Å². The van der Waals surface area contributed by atoms with Crippen molar-refractivity contribution >= 4 is 12.0 Å². The third-order valence-electron chi connectivity index (χ3n) is 2.37. The number of rotatable bonds is 3. The molecule has 0 fully saturated rings. The molecular weight excluding hydrogens is 212 g/mol. The van der Waals surface area contributed by atoms with Crippen molar-refractivity contribution in [1.82, 2.24) is 0 Å². The first-order valence-corrected chi connectivity index (χ1v) is 5.23. The largest absolute Gasteiger partial charge is 0.478 e. The van der Waals surface area contributed by atoms with E-state index in [2.05, 4.69) is 6.07 Å². The van der Waals surface area contributed by atoms with Crippen LogP contribution < -0.4 is 0 Å². The average molecular weight is 223 g/mol. The Morgan fingerprint density at radius 3 is 2.47 bits per heavy atom. The van der Waals surface area contributed by atoms with Crippen LogP contribution >= 0.6 is 0 Å². The van der Waals surface area contributed by atoms with Crippen LogP contribution in [-0.4, -0.2) is 11.1 Å². The highest BCUT2D eigenvalue weighted by molar-refractivity contribution is 5.85. The molecule has 0 amide bonds. The van der Waals surface area contributed by atoms with Crippen molar-refractivity contribution in [2.24, 2.45) is 0 Å². The predicted octanol–water partition coefficient (Wildman–Crippen LogP) is 3.25. The standard InChI is InChI=1S/C15H11O2/c16-15(17)11-8-12-6-9-14(10-7-12)13-4-2-1-3-5-13/h1-2,4-11H,(H,16,17)/b11-8+. The molecule has 0 spiro atoms. The van der Waals surface area contributed by atoms with E-state index in [0.29, 0.717) is 0 Å². The Morgan fingerprint density at radius 2 is 1.88 bits per heavy atom. The van der Waals surface area contributed by atoms with Crippen molar-refractivity contribution in [2.45, 2.75) is 0 Å². The minimum Gasteiger partial charge on any atom is -0.478 e. The van der Waals surface area contributed by atoms with Crippen LogP contribution in [0.1, 0.15) is 5.56 Å². The fourth-order valence-electron chi connectivity index (χ4n) is 1.53. The summed E-state index contributed by atoms with van der Waals surface area (Å²) in [5, 5.41) is 8.52. The summed E-state index contributed by atoms with van der Waals surface area (Å²) in [7, 11) is 0. The van der Waals surface area contributed by atoms with Crippen LogP contribution in [-0.2, 0) is 4.79 Å². The molecule has 2 rings (SSSR count). The lowest BCUT2D eigenvalue weighted by atomic mass is 10.0. The third-order valence-corrected chi connectivity index (χ3v) is 2.37. The van der Waals surface area contributed by atoms with E-state index < -0.39 is 5.97 Å². The van der Waals surface area contributed by atoms with E-state index in [1.165, 1.54) is 0 Å². The van der Waals surface area contributed by atoms with Crippen LogP contribution in [0.15, 0.2) is 54.6 Å². The molecule has 0 aliphatic heterocycles. The van der Waals surface area contributed by atoms with E-state index in [0.717, 1.165) is 22.8 Å². The minimum atomic E-state index is -0.938. The fraction of sp³-hybridized carbons (Fsp3) is 0. The van der Waals surface area contributed by atoms with E-state index >= 15 is 0 Å². The topological polar surface area (TPSA) is 37.3 Å². The molecular formula is C15H11O2. The lowest BCUT2D eigenvalue weighted by molar-refractivity contribution is -0.131. The van der Waals surface area contributed by atoms with Gasteiger partial charge in [-0.3, -0.25) is 0 Å². The van der Waals surface area contributed by atoms with Gasteiger partial charge >= 0.3 is 5.97 Å². The Bertz CT molecular complexity index is 525. The highest BCUT2D eigenvalue weighted by Crippen LogP contribution is 2.19. The van der Waals surface area contributed by atoms with E-state index in [1.807, 2.05) is 48.5 Å². The average Bonchev–Trinajstić information content (AvgIpc) is 2.38. The van der Waals surface area contributed by atoms with E-state index in [-0.39, 0.29) is 0 Å². The highest BCUT2D eigenvalue weighted by Gasteiger charge is 1.96. The van der Waals surface area contributed by atoms with Crippen molar-refractivity contribution in [3.8, 4) is 11.1 Å². The summed E-state index contributed by atoms with van der Waals surface area (Å²) in [4.78, 5) is 10.4. The predicted molar refractivity (Wildman–Crippen MR) is 67.4 cm³/mol. The first-order chi connectivity index (χ1) is 8.25. The Balaban J connectivity index is 2.22. The normalized spacial score (nSPS) is 10.6. The number of hydrogen-bond donors (Lipinski definition) is 1. The zero-order valence-electron chi connectivity index (χ0n) is 9.13. The number of carboxylic acids is 1. The van der Waals surface area contributed by atoms with Gasteiger partial charge in [0.2, 0.25) is 0 Å². The molecule has 0 saturated carbocycles. The zero-order chi connectivity index (χ0) is 12.1. The Labute approximate surface area is 99.8 Å². The fourth-order valence-corrected chi connectivity index (χ4v) is 1.53. The SMILES string of the molecule is O=C(O)/C=C/c1ccc(-c2c[c]ccc2)cc1. The van der Waals surface area contributed by atoms with Gasteiger partial charge in [0.05, 0.1) is 0 Å². The second-order valence-corrected chi connectivity index (χ2v) is 3.59. The molecule has 0 bridgehead atoms. The number of aliphatic carboxylic acids is 1. The van der Waals surface area contributed by atoms with Gasteiger partial charge in [-0.15, -0.1) is 0 Å². The molecule has 1 N–H and O–H groups in total. The number of benzene rings is 2. The maximum absolute atomic E-state index is 10.4. The molecule has 0 heterocycles. The van der Waals surface area contributed by atoms with Crippen LogP contribution in [0.4, 0.5) is 0 Å². The summed E-state index contributed by atoms with van der Waals surface area (Å²) in [6, 6.07) is 18.5. The first kappa shape index (κ1) is 11.1. The van der Waals surface area contributed by atoms with Crippen molar-refractivity contribution in [1.29, 1.82) is 0 Å². The molecule has 2 nitrogen and oxygen atoms in total. The maximum Gasteiger partial charge on any atom is 0.328 e. The van der Waals surface area contributed by atoms with Gasteiger partial charge in [-0.1, -0.05) is 42.5 Å². The zero-order valence-corrected chi connectivity index (χ0v) is 9.13. The third kappa shape index (κ3) is 3.05. The van der Waals surface area contributed by atoms with Crippen molar-refractivity contribution < 1.29 is 9.90 Å². The molecule has 0 aliphatic carbocycles. The Kier molecular flexibility index (Phi) is 3.36. The second-order valence-electron chi connectivity index (χ2n) is 3.59. The Morgan fingerprint density at radius 1 is 1.12 bits per heavy atom. The van der Waals surface area contributed by atoms with Gasteiger partial charge < -0.3 is 5.11 Å². The highest BCUT2D eigenvalue weighted by atomic mass is 16.4. The number of hydrogen-bond acceptors (Lipinski definition) is 1. The molecule has 0 aromatic heterocycles. The number of carbonyl (C=O) groups is 1. The smallest absolute Gasteiger partial charge is 0.328 e. The summed E-state index contributed by atoms with van der Waals surface area (Å²) < 4.78 is 0. The minimum absolute atomic E-state index is 0.871. The summed E-state index contributed by atoms with van der Waals surface area (Å²) in [5.41, 5.74) is 3.06. The van der Waals surface area contributed by atoms with Crippen LogP contribution in [0.5, 0.6) is 0 Å². The van der Waals surface area contributed by atoms with Crippen LogP contribution in [0.25, 0.3) is 17.2 Å². The maximum atomic E-state index is 10.4. The van der Waals surface area contributed by atoms with Crippen molar-refractivity contribution in [2.75, 3.05) is 0 Å². The van der Waals surface area contributed by atoms with E-state index in [4.69, 9.17) is 5.11 Å². The molecule has 83 valence electrons. The number of carboxylic acid groups (broad SMARTS) is 1. The van der Waals surface area contributed by atoms with Gasteiger partial charge in [-0.05, 0) is 34.9 Å². The van der Waals surface area contributed by atoms with E-state index in [1.54, 1.807) is 6.08 Å². The van der Waals surface area contributed by atoms with Gasteiger partial charge in [0.1, 0.15) is 0 Å². The van der Waals surface area contributed by atoms with Crippen LogP contribution in [0.2, 0.25) is 0 Å². The molecule has 1 radical (unpaired) electrons. The van der Waals surface area contributed by atoms with Crippen LogP contribution in [0.3, 0.4) is 0 Å². The molecule has 17 heavy (non-hydrogen) atoms. The molecule has 0 unspecified atom stereocenters. The quantitative estimate of drug-likeness (QED) is 0.811. The Hall–Kier alpha value is -2.35. The second kappa shape index (κ2) is 5.12. The summed E-state index contributed by atoms with van der Waals surface area (Å²) in [6.07, 6.45) is 2.70. The lowest BCUT2D eigenvalue weighted by Gasteiger charge is -2.01.